The molecule has 0 aromatic carbocycles. The highest BCUT2D eigenvalue weighted by atomic mass is 16.6. The zero-order valence-corrected chi connectivity index (χ0v) is 30.9. The van der Waals surface area contributed by atoms with Gasteiger partial charge in [0.25, 0.3) is 0 Å². The summed E-state index contributed by atoms with van der Waals surface area (Å²) < 4.78 is 10.3. The van der Waals surface area contributed by atoms with E-state index in [-0.39, 0.29) is 25.2 Å². The van der Waals surface area contributed by atoms with Crippen molar-refractivity contribution in [3.63, 3.8) is 0 Å². The fraction of sp³-hybridized carbons (Fsp3) is 0.854. The topological polar surface area (TPSA) is 72.8 Å². The number of hydrogen-bond donors (Lipinski definition) is 1. The summed E-state index contributed by atoms with van der Waals surface area (Å²) in [5, 5.41) is 10.0. The van der Waals surface area contributed by atoms with Crippen LogP contribution in [0.5, 0.6) is 0 Å². The Morgan fingerprint density at radius 1 is 0.565 bits per heavy atom. The highest BCUT2D eigenvalue weighted by Gasteiger charge is 2.12. The summed E-state index contributed by atoms with van der Waals surface area (Å²) in [6.07, 6.45) is 37.8. The molecule has 5 nitrogen and oxygen atoms in total. The van der Waals surface area contributed by atoms with Crippen molar-refractivity contribution in [2.45, 2.75) is 201 Å². The first-order valence-corrected chi connectivity index (χ1v) is 19.7. The van der Waals surface area contributed by atoms with E-state index >= 15 is 0 Å². The van der Waals surface area contributed by atoms with E-state index in [2.05, 4.69) is 52.0 Å². The van der Waals surface area contributed by atoms with Gasteiger partial charge in [0.1, 0.15) is 19.3 Å². The van der Waals surface area contributed by atoms with Crippen LogP contribution in [-0.2, 0) is 19.1 Å². The van der Waals surface area contributed by atoms with Crippen LogP contribution >= 0.6 is 0 Å². The first kappa shape index (κ1) is 44.4. The summed E-state index contributed by atoms with van der Waals surface area (Å²) in [6.45, 7) is 9.07. The smallest absolute Gasteiger partial charge is 0.305 e. The minimum absolute atomic E-state index is 0.118. The quantitative estimate of drug-likeness (QED) is 0.0427. The number of unbranched alkanes of at least 4 members (excludes halogenated alkanes) is 17. The molecule has 0 aromatic rings. The third kappa shape index (κ3) is 33.7. The zero-order valence-electron chi connectivity index (χ0n) is 30.9. The molecule has 0 rings (SSSR count). The van der Waals surface area contributed by atoms with E-state index in [0.29, 0.717) is 12.8 Å². The van der Waals surface area contributed by atoms with Gasteiger partial charge in [-0.05, 0) is 63.2 Å². The largest absolute Gasteiger partial charge is 0.463 e. The monoisotopic (exact) mass is 649 g/mol. The number of esters is 2. The van der Waals surface area contributed by atoms with Gasteiger partial charge in [-0.1, -0.05) is 155 Å². The Kier molecular flexibility index (Phi) is 33.5. The van der Waals surface area contributed by atoms with Crippen molar-refractivity contribution < 1.29 is 24.2 Å². The molecule has 0 heterocycles. The molecule has 46 heavy (non-hydrogen) atoms. The van der Waals surface area contributed by atoms with Crippen molar-refractivity contribution >= 4 is 11.9 Å². The summed E-state index contributed by atoms with van der Waals surface area (Å²) in [5.41, 5.74) is 0. The van der Waals surface area contributed by atoms with Crippen LogP contribution in [0.15, 0.2) is 24.3 Å². The Morgan fingerprint density at radius 2 is 1.00 bits per heavy atom. The Morgan fingerprint density at radius 3 is 1.48 bits per heavy atom. The summed E-state index contributed by atoms with van der Waals surface area (Å²) in [4.78, 5) is 23.9. The second-order valence-electron chi connectivity index (χ2n) is 13.9. The molecular formula is C41H76O5. The summed E-state index contributed by atoms with van der Waals surface area (Å²) in [7, 11) is 0. The maximum Gasteiger partial charge on any atom is 0.305 e. The van der Waals surface area contributed by atoms with Crippen LogP contribution in [0.25, 0.3) is 0 Å². The highest BCUT2D eigenvalue weighted by molar-refractivity contribution is 5.69. The predicted molar refractivity (Wildman–Crippen MR) is 196 cm³/mol. The normalized spacial score (nSPS) is 13.8. The van der Waals surface area contributed by atoms with Gasteiger partial charge in [0.2, 0.25) is 0 Å². The summed E-state index contributed by atoms with van der Waals surface area (Å²) in [5.74, 6) is 1.16. The number of rotatable bonds is 34. The SMILES string of the molecule is CCCCC/C=C/C/C=C/CCCCCCCC(=O)OCC(O)COC(=O)CCCCCCCCCCCCC(C)CC(C)CC. The van der Waals surface area contributed by atoms with Gasteiger partial charge in [0, 0.05) is 12.8 Å². The predicted octanol–water partition coefficient (Wildman–Crippen LogP) is 12.0. The Bertz CT molecular complexity index is 730. The maximum atomic E-state index is 12.0. The van der Waals surface area contributed by atoms with E-state index in [1.165, 1.54) is 103 Å². The number of aliphatic hydroxyl groups is 1. The van der Waals surface area contributed by atoms with Crippen LogP contribution in [0.2, 0.25) is 0 Å². The van der Waals surface area contributed by atoms with Crippen molar-refractivity contribution in [3.8, 4) is 0 Å². The molecule has 0 fully saturated rings. The minimum Gasteiger partial charge on any atom is -0.463 e. The summed E-state index contributed by atoms with van der Waals surface area (Å²) >= 11 is 0. The minimum atomic E-state index is -0.967. The van der Waals surface area contributed by atoms with E-state index in [1.54, 1.807) is 0 Å². The van der Waals surface area contributed by atoms with Crippen molar-refractivity contribution in [1.82, 2.24) is 0 Å². The molecule has 0 aromatic heterocycles. The number of ether oxygens (including phenoxy) is 2. The Balaban J connectivity index is 3.48. The van der Waals surface area contributed by atoms with Crippen LogP contribution in [0.3, 0.4) is 0 Å². The molecule has 1 N–H and O–H groups in total. The van der Waals surface area contributed by atoms with Crippen LogP contribution < -0.4 is 0 Å². The molecular weight excluding hydrogens is 572 g/mol. The van der Waals surface area contributed by atoms with E-state index in [1.807, 2.05) is 0 Å². The maximum absolute atomic E-state index is 12.0. The standard InChI is InChI=1S/C41H76O5/c1-5-7-8-9-10-11-12-13-14-15-16-20-23-26-29-32-40(43)45-35-39(42)36-46-41(44)33-30-27-24-21-18-17-19-22-25-28-31-38(4)34-37(3)6-2/h10-11,13-14,37-39,42H,5-9,12,15-36H2,1-4H3/b11-10+,14-13+. The van der Waals surface area contributed by atoms with Gasteiger partial charge < -0.3 is 14.6 Å². The first-order chi connectivity index (χ1) is 22.4. The molecule has 0 bridgehead atoms. The molecule has 3 atom stereocenters. The van der Waals surface area contributed by atoms with Gasteiger partial charge in [0.15, 0.2) is 0 Å². The van der Waals surface area contributed by atoms with Crippen LogP contribution in [0.4, 0.5) is 0 Å². The molecule has 0 aliphatic heterocycles. The first-order valence-electron chi connectivity index (χ1n) is 19.7. The van der Waals surface area contributed by atoms with Crippen molar-refractivity contribution in [1.29, 1.82) is 0 Å². The highest BCUT2D eigenvalue weighted by Crippen LogP contribution is 2.21. The molecule has 0 radical (unpaired) electrons. The van der Waals surface area contributed by atoms with Gasteiger partial charge in [-0.2, -0.15) is 0 Å². The average Bonchev–Trinajstić information content (AvgIpc) is 3.04. The van der Waals surface area contributed by atoms with Gasteiger partial charge in [-0.3, -0.25) is 9.59 Å². The molecule has 3 unspecified atom stereocenters. The average molecular weight is 649 g/mol. The van der Waals surface area contributed by atoms with Crippen LogP contribution in [-0.4, -0.2) is 36.4 Å². The van der Waals surface area contributed by atoms with E-state index in [4.69, 9.17) is 9.47 Å². The number of carbonyl (C=O) groups excluding carboxylic acids is 2. The lowest BCUT2D eigenvalue weighted by Gasteiger charge is -2.15. The van der Waals surface area contributed by atoms with Crippen LogP contribution in [0, 0.1) is 11.8 Å². The lowest BCUT2D eigenvalue weighted by Crippen LogP contribution is -2.25. The molecule has 0 aliphatic carbocycles. The molecule has 0 amide bonds. The lowest BCUT2D eigenvalue weighted by atomic mass is 9.91. The van der Waals surface area contributed by atoms with Gasteiger partial charge in [-0.15, -0.1) is 0 Å². The number of aliphatic hydroxyl groups excluding tert-OH is 1. The van der Waals surface area contributed by atoms with Gasteiger partial charge >= 0.3 is 11.9 Å². The van der Waals surface area contributed by atoms with E-state index in [0.717, 1.165) is 63.2 Å². The number of hydrogen-bond acceptors (Lipinski definition) is 5. The third-order valence-electron chi connectivity index (χ3n) is 9.03. The fourth-order valence-corrected chi connectivity index (χ4v) is 5.80. The lowest BCUT2D eigenvalue weighted by molar-refractivity contribution is -0.152. The summed E-state index contributed by atoms with van der Waals surface area (Å²) in [6, 6.07) is 0. The third-order valence-corrected chi connectivity index (χ3v) is 9.03. The molecule has 0 spiro atoms. The Labute approximate surface area is 285 Å². The van der Waals surface area contributed by atoms with Crippen molar-refractivity contribution in [3.05, 3.63) is 24.3 Å². The fourth-order valence-electron chi connectivity index (χ4n) is 5.80. The number of carbonyl (C=O) groups is 2. The van der Waals surface area contributed by atoms with E-state index < -0.39 is 6.10 Å². The van der Waals surface area contributed by atoms with Crippen molar-refractivity contribution in [2.75, 3.05) is 13.2 Å². The molecule has 0 aliphatic rings. The van der Waals surface area contributed by atoms with E-state index in [9.17, 15) is 14.7 Å². The number of allylic oxidation sites excluding steroid dienone is 4. The molecule has 270 valence electrons. The molecule has 0 saturated carbocycles. The zero-order chi connectivity index (χ0) is 33.9. The second kappa shape index (κ2) is 34.7. The molecule has 5 heteroatoms. The molecule has 0 saturated heterocycles. The van der Waals surface area contributed by atoms with Crippen LogP contribution in [0.1, 0.15) is 195 Å². The second-order valence-corrected chi connectivity index (χ2v) is 13.9. The van der Waals surface area contributed by atoms with Crippen molar-refractivity contribution in [2.24, 2.45) is 11.8 Å². The van der Waals surface area contributed by atoms with Gasteiger partial charge in [0.05, 0.1) is 0 Å². The van der Waals surface area contributed by atoms with Gasteiger partial charge in [-0.25, -0.2) is 0 Å². The Hall–Kier alpha value is -1.62.